The third-order valence-corrected chi connectivity index (χ3v) is 6.14. The normalized spacial score (nSPS) is 14.4. The van der Waals surface area contributed by atoms with Crippen molar-refractivity contribution < 1.29 is 14.3 Å². The second-order valence-electron chi connectivity index (χ2n) is 8.49. The maximum absolute atomic E-state index is 13.2. The minimum Gasteiger partial charge on any atom is -0.496 e. The third kappa shape index (κ3) is 6.06. The van der Waals surface area contributed by atoms with Crippen LogP contribution in [0.25, 0.3) is 6.08 Å². The first kappa shape index (κ1) is 23.6. The minimum atomic E-state index is 0.0549. The summed E-state index contributed by atoms with van der Waals surface area (Å²) in [4.78, 5) is 17.5. The first-order valence-electron chi connectivity index (χ1n) is 11.7. The summed E-state index contributed by atoms with van der Waals surface area (Å²) in [5.74, 6) is 1.61. The van der Waals surface area contributed by atoms with Crippen molar-refractivity contribution in [3.8, 4) is 11.5 Å². The summed E-state index contributed by atoms with van der Waals surface area (Å²) in [5, 5.41) is 0. The van der Waals surface area contributed by atoms with Crippen LogP contribution in [-0.2, 0) is 6.61 Å². The van der Waals surface area contributed by atoms with Crippen molar-refractivity contribution in [3.05, 3.63) is 101 Å². The van der Waals surface area contributed by atoms with Crippen molar-refractivity contribution in [2.24, 2.45) is 0 Å². The third-order valence-electron chi connectivity index (χ3n) is 6.14. The second-order valence-corrected chi connectivity index (χ2v) is 8.49. The van der Waals surface area contributed by atoms with Gasteiger partial charge in [-0.2, -0.15) is 0 Å². The number of carbonyl (C=O) groups excluding carboxylic acids is 1. The monoisotopic (exact) mass is 456 g/mol. The molecular weight excluding hydrogens is 424 g/mol. The standard InChI is InChI=1S/C29H32N2O3/c1-23-9-6-7-13-27(23)34-22-26-21-25(14-15-28(26)33-2)29(32)31-19-17-30(18-20-31)16-8-12-24-10-4-3-5-11-24/h3-15,21H,16-20,22H2,1-2H3/b12-8+. The molecule has 0 unspecified atom stereocenters. The molecule has 0 saturated carbocycles. The lowest BCUT2D eigenvalue weighted by molar-refractivity contribution is 0.0650. The van der Waals surface area contributed by atoms with E-state index in [9.17, 15) is 4.79 Å². The molecular formula is C29H32N2O3. The molecule has 1 saturated heterocycles. The molecule has 34 heavy (non-hydrogen) atoms. The number of para-hydroxylation sites is 1. The summed E-state index contributed by atoms with van der Waals surface area (Å²) in [7, 11) is 1.64. The topological polar surface area (TPSA) is 42.0 Å². The molecule has 176 valence electrons. The van der Waals surface area contributed by atoms with Gasteiger partial charge in [0.05, 0.1) is 7.11 Å². The molecule has 1 heterocycles. The Morgan fingerprint density at radius 3 is 2.38 bits per heavy atom. The van der Waals surface area contributed by atoms with E-state index in [1.54, 1.807) is 7.11 Å². The predicted molar refractivity (Wildman–Crippen MR) is 136 cm³/mol. The van der Waals surface area contributed by atoms with Crippen LogP contribution in [0.1, 0.15) is 27.0 Å². The summed E-state index contributed by atoms with van der Waals surface area (Å²) in [6.07, 6.45) is 4.34. The summed E-state index contributed by atoms with van der Waals surface area (Å²) < 4.78 is 11.5. The Kier molecular flexibility index (Phi) is 7.99. The number of hydrogen-bond acceptors (Lipinski definition) is 4. The highest BCUT2D eigenvalue weighted by Crippen LogP contribution is 2.24. The van der Waals surface area contributed by atoms with Crippen LogP contribution in [-0.4, -0.2) is 55.5 Å². The first-order chi connectivity index (χ1) is 16.6. The number of nitrogens with zero attached hydrogens (tertiary/aromatic N) is 2. The Labute approximate surface area is 202 Å². The SMILES string of the molecule is COc1ccc(C(=O)N2CCN(C/C=C/c3ccccc3)CC2)cc1COc1ccccc1C. The molecule has 0 spiro atoms. The molecule has 0 aromatic heterocycles. The number of carbonyl (C=O) groups is 1. The van der Waals surface area contributed by atoms with Crippen LogP contribution in [0.2, 0.25) is 0 Å². The zero-order chi connectivity index (χ0) is 23.8. The Morgan fingerprint density at radius 1 is 0.912 bits per heavy atom. The van der Waals surface area contributed by atoms with Gasteiger partial charge in [-0.05, 0) is 42.3 Å². The number of piperazine rings is 1. The molecule has 0 N–H and O–H groups in total. The molecule has 1 aliphatic rings. The van der Waals surface area contributed by atoms with E-state index in [-0.39, 0.29) is 5.91 Å². The van der Waals surface area contributed by atoms with Crippen molar-refractivity contribution in [3.63, 3.8) is 0 Å². The number of rotatable bonds is 8. The molecule has 1 aliphatic heterocycles. The summed E-state index contributed by atoms with van der Waals surface area (Å²) in [6, 6.07) is 23.8. The molecule has 1 amide bonds. The van der Waals surface area contributed by atoms with Gasteiger partial charge in [0, 0.05) is 43.9 Å². The highest BCUT2D eigenvalue weighted by Gasteiger charge is 2.22. The number of ether oxygens (including phenoxy) is 2. The van der Waals surface area contributed by atoms with Gasteiger partial charge in [0.1, 0.15) is 18.1 Å². The van der Waals surface area contributed by atoms with Crippen LogP contribution >= 0.6 is 0 Å². The maximum atomic E-state index is 13.2. The summed E-state index contributed by atoms with van der Waals surface area (Å²) in [5.41, 5.74) is 3.81. The average Bonchev–Trinajstić information content (AvgIpc) is 2.88. The molecule has 5 heteroatoms. The lowest BCUT2D eigenvalue weighted by atomic mass is 10.1. The first-order valence-corrected chi connectivity index (χ1v) is 11.7. The van der Waals surface area contributed by atoms with Gasteiger partial charge < -0.3 is 14.4 Å². The zero-order valence-electron chi connectivity index (χ0n) is 19.9. The molecule has 0 atom stereocenters. The van der Waals surface area contributed by atoms with Crippen molar-refractivity contribution >= 4 is 12.0 Å². The summed E-state index contributed by atoms with van der Waals surface area (Å²) >= 11 is 0. The van der Waals surface area contributed by atoms with Gasteiger partial charge in [-0.25, -0.2) is 0 Å². The van der Waals surface area contributed by atoms with E-state index in [1.165, 1.54) is 5.56 Å². The highest BCUT2D eigenvalue weighted by atomic mass is 16.5. The quantitative estimate of drug-likeness (QED) is 0.476. The van der Waals surface area contributed by atoms with Gasteiger partial charge >= 0.3 is 0 Å². The van der Waals surface area contributed by atoms with E-state index in [4.69, 9.17) is 9.47 Å². The highest BCUT2D eigenvalue weighted by molar-refractivity contribution is 5.94. The van der Waals surface area contributed by atoms with Crippen molar-refractivity contribution in [1.82, 2.24) is 9.80 Å². The number of benzene rings is 3. The Bertz CT molecular complexity index is 1120. The summed E-state index contributed by atoms with van der Waals surface area (Å²) in [6.45, 7) is 6.42. The molecule has 4 rings (SSSR count). The fourth-order valence-electron chi connectivity index (χ4n) is 4.12. The maximum Gasteiger partial charge on any atom is 0.253 e. The predicted octanol–water partition coefficient (Wildman–Crippen LogP) is 5.05. The van der Waals surface area contributed by atoms with E-state index >= 15 is 0 Å². The van der Waals surface area contributed by atoms with Crippen LogP contribution in [0, 0.1) is 6.92 Å². The van der Waals surface area contributed by atoms with Crippen molar-refractivity contribution in [2.45, 2.75) is 13.5 Å². The molecule has 5 nitrogen and oxygen atoms in total. The minimum absolute atomic E-state index is 0.0549. The van der Waals surface area contributed by atoms with E-state index in [2.05, 4.69) is 29.2 Å². The van der Waals surface area contributed by atoms with Crippen molar-refractivity contribution in [1.29, 1.82) is 0 Å². The smallest absolute Gasteiger partial charge is 0.253 e. The van der Waals surface area contributed by atoms with Gasteiger partial charge in [-0.1, -0.05) is 60.7 Å². The number of aryl methyl sites for hydroxylation is 1. The van der Waals surface area contributed by atoms with Crippen LogP contribution in [0.5, 0.6) is 11.5 Å². The van der Waals surface area contributed by atoms with Crippen LogP contribution < -0.4 is 9.47 Å². The van der Waals surface area contributed by atoms with Gasteiger partial charge in [0.25, 0.3) is 5.91 Å². The van der Waals surface area contributed by atoms with Crippen LogP contribution in [0.15, 0.2) is 78.9 Å². The van der Waals surface area contributed by atoms with E-state index in [1.807, 2.05) is 72.5 Å². The fraction of sp³-hybridized carbons (Fsp3) is 0.276. The van der Waals surface area contributed by atoms with E-state index in [0.717, 1.165) is 55.3 Å². The van der Waals surface area contributed by atoms with Gasteiger partial charge in [0.15, 0.2) is 0 Å². The Hall–Kier alpha value is -3.57. The molecule has 3 aromatic rings. The largest absolute Gasteiger partial charge is 0.496 e. The molecule has 3 aromatic carbocycles. The zero-order valence-corrected chi connectivity index (χ0v) is 19.9. The van der Waals surface area contributed by atoms with Crippen LogP contribution in [0.3, 0.4) is 0 Å². The Morgan fingerprint density at radius 2 is 1.65 bits per heavy atom. The van der Waals surface area contributed by atoms with E-state index < -0.39 is 0 Å². The molecule has 1 fully saturated rings. The lowest BCUT2D eigenvalue weighted by Crippen LogP contribution is -2.48. The average molecular weight is 457 g/mol. The lowest BCUT2D eigenvalue weighted by Gasteiger charge is -2.34. The van der Waals surface area contributed by atoms with Gasteiger partial charge in [-0.3, -0.25) is 9.69 Å². The number of amides is 1. The van der Waals surface area contributed by atoms with Gasteiger partial charge in [-0.15, -0.1) is 0 Å². The van der Waals surface area contributed by atoms with E-state index in [0.29, 0.717) is 12.2 Å². The number of hydrogen-bond donors (Lipinski definition) is 0. The van der Waals surface area contributed by atoms with Crippen LogP contribution in [0.4, 0.5) is 0 Å². The second kappa shape index (κ2) is 11.5. The number of methoxy groups -OCH3 is 1. The molecule has 0 bridgehead atoms. The molecule has 0 radical (unpaired) electrons. The molecule has 0 aliphatic carbocycles. The Balaban J connectivity index is 1.34. The van der Waals surface area contributed by atoms with Crippen molar-refractivity contribution in [2.75, 3.05) is 39.8 Å². The fourth-order valence-corrected chi connectivity index (χ4v) is 4.12. The van der Waals surface area contributed by atoms with Gasteiger partial charge in [0.2, 0.25) is 0 Å².